The van der Waals surface area contributed by atoms with Gasteiger partial charge in [0.2, 0.25) is 6.43 Å². The van der Waals surface area contributed by atoms with Gasteiger partial charge in [0.25, 0.3) is 0 Å². The second-order valence-corrected chi connectivity index (χ2v) is 3.53. The predicted octanol–water partition coefficient (Wildman–Crippen LogP) is 1.84. The molecule has 1 aliphatic rings. The average Bonchev–Trinajstić information content (AvgIpc) is 1.85. The highest BCUT2D eigenvalue weighted by atomic mass is 19.3. The van der Waals surface area contributed by atoms with E-state index in [1.54, 1.807) is 0 Å². The summed E-state index contributed by atoms with van der Waals surface area (Å²) in [6, 6.07) is 0. The lowest BCUT2D eigenvalue weighted by Crippen LogP contribution is -2.39. The van der Waals surface area contributed by atoms with Crippen molar-refractivity contribution < 1.29 is 8.78 Å². The van der Waals surface area contributed by atoms with E-state index >= 15 is 0 Å². The summed E-state index contributed by atoms with van der Waals surface area (Å²) in [5, 5.41) is 0. The van der Waals surface area contributed by atoms with Gasteiger partial charge >= 0.3 is 0 Å². The van der Waals surface area contributed by atoms with Crippen molar-refractivity contribution in [1.29, 1.82) is 0 Å². The van der Waals surface area contributed by atoms with Crippen molar-refractivity contribution in [3.8, 4) is 0 Å². The molecule has 11 heavy (non-hydrogen) atoms. The lowest BCUT2D eigenvalue weighted by Gasteiger charge is -2.34. The number of hydrogen-bond donors (Lipinski definition) is 0. The molecule has 1 fully saturated rings. The number of hydrogen-bond acceptors (Lipinski definition) is 1. The van der Waals surface area contributed by atoms with Crippen LogP contribution in [-0.4, -0.2) is 31.5 Å². The Labute approximate surface area is 66.4 Å². The first-order valence-corrected chi connectivity index (χ1v) is 4.08. The zero-order valence-corrected chi connectivity index (χ0v) is 7.06. The number of piperidine rings is 1. The van der Waals surface area contributed by atoms with Gasteiger partial charge in [-0.2, -0.15) is 0 Å². The molecule has 0 aliphatic carbocycles. The van der Waals surface area contributed by atoms with E-state index in [1.807, 2.05) is 14.0 Å². The molecule has 0 N–H and O–H groups in total. The van der Waals surface area contributed by atoms with E-state index < -0.39 is 6.43 Å². The Hall–Kier alpha value is -0.180. The summed E-state index contributed by atoms with van der Waals surface area (Å²) in [4.78, 5) is 2.11. The summed E-state index contributed by atoms with van der Waals surface area (Å²) in [6.45, 7) is 3.54. The first-order valence-electron chi connectivity index (χ1n) is 4.08. The van der Waals surface area contributed by atoms with Crippen LogP contribution in [0.5, 0.6) is 0 Å². The van der Waals surface area contributed by atoms with Gasteiger partial charge in [0.1, 0.15) is 0 Å². The lowest BCUT2D eigenvalue weighted by molar-refractivity contribution is 0.00810. The molecule has 1 aliphatic heterocycles. The van der Waals surface area contributed by atoms with Crippen LogP contribution in [-0.2, 0) is 0 Å². The minimum atomic E-state index is -2.13. The summed E-state index contributed by atoms with van der Waals surface area (Å²) < 4.78 is 24.6. The minimum absolute atomic E-state index is 0.147. The van der Waals surface area contributed by atoms with Gasteiger partial charge in [-0.1, -0.05) is 6.92 Å². The second-order valence-electron chi connectivity index (χ2n) is 3.53. The summed E-state index contributed by atoms with van der Waals surface area (Å²) in [5.74, 6) is -0.222. The highest BCUT2D eigenvalue weighted by Crippen LogP contribution is 2.27. The Balaban J connectivity index is 2.44. The van der Waals surface area contributed by atoms with E-state index in [-0.39, 0.29) is 11.8 Å². The number of halogens is 2. The highest BCUT2D eigenvalue weighted by molar-refractivity contribution is 4.77. The van der Waals surface area contributed by atoms with Crippen molar-refractivity contribution >= 4 is 0 Å². The van der Waals surface area contributed by atoms with Crippen molar-refractivity contribution in [3.63, 3.8) is 0 Å². The molecule has 0 unspecified atom stereocenters. The number of likely N-dealkylation sites (tertiary alicyclic amines) is 1. The maximum Gasteiger partial charge on any atom is 0.241 e. The molecule has 2 atom stereocenters. The summed E-state index contributed by atoms with van der Waals surface area (Å²) in [5.41, 5.74) is 0. The smallest absolute Gasteiger partial charge is 0.241 e. The van der Waals surface area contributed by atoms with Crippen molar-refractivity contribution in [3.05, 3.63) is 0 Å². The average molecular weight is 163 g/mol. The molecule has 0 bridgehead atoms. The van der Waals surface area contributed by atoms with Gasteiger partial charge in [0.15, 0.2) is 0 Å². The van der Waals surface area contributed by atoms with Gasteiger partial charge in [-0.15, -0.1) is 0 Å². The molecular formula is C8H15F2N. The van der Waals surface area contributed by atoms with Crippen molar-refractivity contribution in [2.45, 2.75) is 19.8 Å². The molecule has 0 aromatic rings. The number of nitrogens with zero attached hydrogens (tertiary/aromatic N) is 1. The van der Waals surface area contributed by atoms with Crippen LogP contribution in [0.25, 0.3) is 0 Å². The second kappa shape index (κ2) is 3.48. The zero-order valence-electron chi connectivity index (χ0n) is 7.06. The molecule has 1 saturated heterocycles. The maximum absolute atomic E-state index is 12.3. The van der Waals surface area contributed by atoms with Gasteiger partial charge in [0, 0.05) is 12.5 Å². The Morgan fingerprint density at radius 2 is 2.09 bits per heavy atom. The minimum Gasteiger partial charge on any atom is -0.306 e. The van der Waals surface area contributed by atoms with Crippen LogP contribution in [0.2, 0.25) is 0 Å². The van der Waals surface area contributed by atoms with Crippen LogP contribution in [0, 0.1) is 11.8 Å². The number of rotatable bonds is 1. The molecule has 1 heterocycles. The third-order valence-corrected chi connectivity index (χ3v) is 2.50. The van der Waals surface area contributed by atoms with Crippen LogP contribution in [0.4, 0.5) is 8.78 Å². The fourth-order valence-electron chi connectivity index (χ4n) is 1.75. The topological polar surface area (TPSA) is 3.24 Å². The zero-order chi connectivity index (χ0) is 8.43. The van der Waals surface area contributed by atoms with Crippen LogP contribution >= 0.6 is 0 Å². The molecule has 0 amide bonds. The van der Waals surface area contributed by atoms with Crippen LogP contribution in [0.1, 0.15) is 13.3 Å². The Bertz CT molecular complexity index is 127. The molecule has 0 spiro atoms. The summed E-state index contributed by atoms with van der Waals surface area (Å²) in [7, 11) is 1.98. The molecule has 1 nitrogen and oxygen atoms in total. The third-order valence-electron chi connectivity index (χ3n) is 2.50. The van der Waals surface area contributed by atoms with E-state index in [9.17, 15) is 8.78 Å². The molecule has 0 saturated carbocycles. The monoisotopic (exact) mass is 163 g/mol. The third kappa shape index (κ3) is 2.12. The Kier molecular flexibility index (Phi) is 2.82. The van der Waals surface area contributed by atoms with Crippen molar-refractivity contribution in [1.82, 2.24) is 4.90 Å². The quantitative estimate of drug-likeness (QED) is 0.570. The van der Waals surface area contributed by atoms with E-state index in [0.29, 0.717) is 6.42 Å². The lowest BCUT2D eigenvalue weighted by atomic mass is 9.87. The summed E-state index contributed by atoms with van der Waals surface area (Å²) in [6.07, 6.45) is -1.48. The van der Waals surface area contributed by atoms with E-state index in [1.165, 1.54) is 0 Å². The molecule has 0 radical (unpaired) electrons. The van der Waals surface area contributed by atoms with Gasteiger partial charge in [-0.25, -0.2) is 8.78 Å². The molecule has 0 aromatic carbocycles. The fraction of sp³-hybridized carbons (Fsp3) is 1.00. The van der Waals surface area contributed by atoms with E-state index in [0.717, 1.165) is 13.1 Å². The van der Waals surface area contributed by atoms with Crippen molar-refractivity contribution in [2.24, 2.45) is 11.8 Å². The van der Waals surface area contributed by atoms with Crippen LogP contribution in [0.3, 0.4) is 0 Å². The van der Waals surface area contributed by atoms with Crippen LogP contribution in [0.15, 0.2) is 0 Å². The SMILES string of the molecule is C[C@@H]1CN(C)CC[C@@H]1C(F)F. The number of alkyl halides is 2. The van der Waals surface area contributed by atoms with E-state index in [2.05, 4.69) is 4.90 Å². The van der Waals surface area contributed by atoms with Crippen LogP contribution < -0.4 is 0 Å². The maximum atomic E-state index is 12.3. The molecule has 1 rings (SSSR count). The van der Waals surface area contributed by atoms with Gasteiger partial charge in [0.05, 0.1) is 0 Å². The summed E-state index contributed by atoms with van der Waals surface area (Å²) >= 11 is 0. The molecule has 3 heteroatoms. The first-order chi connectivity index (χ1) is 5.11. The normalized spacial score (nSPS) is 34.6. The fourth-order valence-corrected chi connectivity index (χ4v) is 1.75. The Morgan fingerprint density at radius 3 is 2.55 bits per heavy atom. The van der Waals surface area contributed by atoms with Gasteiger partial charge in [-0.05, 0) is 25.9 Å². The molecule has 0 aromatic heterocycles. The molecular weight excluding hydrogens is 148 g/mol. The van der Waals surface area contributed by atoms with E-state index in [4.69, 9.17) is 0 Å². The largest absolute Gasteiger partial charge is 0.306 e. The highest BCUT2D eigenvalue weighted by Gasteiger charge is 2.30. The standard InChI is InChI=1S/C8H15F2N/c1-6-5-11(2)4-3-7(6)8(9)10/h6-8H,3-5H2,1-2H3/t6-,7+/m1/s1. The van der Waals surface area contributed by atoms with Gasteiger partial charge < -0.3 is 4.90 Å². The predicted molar refractivity (Wildman–Crippen MR) is 40.8 cm³/mol. The first kappa shape index (κ1) is 8.91. The van der Waals surface area contributed by atoms with Crippen molar-refractivity contribution in [2.75, 3.05) is 20.1 Å². The molecule has 66 valence electrons. The van der Waals surface area contributed by atoms with Gasteiger partial charge in [-0.3, -0.25) is 0 Å². The Morgan fingerprint density at radius 1 is 1.45 bits per heavy atom.